The van der Waals surface area contributed by atoms with Crippen molar-refractivity contribution in [2.75, 3.05) is 6.61 Å². The van der Waals surface area contributed by atoms with Crippen LogP contribution in [0.15, 0.2) is 11.4 Å². The molecule has 0 amide bonds. The lowest BCUT2D eigenvalue weighted by Crippen LogP contribution is -2.31. The summed E-state index contributed by atoms with van der Waals surface area (Å²) in [5.74, 6) is 0. The Kier molecular flexibility index (Phi) is 3.78. The molecule has 4 heteroatoms. The zero-order valence-electron chi connectivity index (χ0n) is 7.41. The molecule has 0 saturated heterocycles. The van der Waals surface area contributed by atoms with E-state index in [1.165, 1.54) is 5.56 Å². The third kappa shape index (κ3) is 2.34. The smallest absolute Gasteiger partial charge is 0.423 e. The van der Waals surface area contributed by atoms with Crippen LogP contribution in [0.2, 0.25) is 0 Å². The highest BCUT2D eigenvalue weighted by Gasteiger charge is 2.17. The molecule has 0 fully saturated rings. The molecular weight excluding hydrogens is 171 g/mol. The molecule has 0 radical (unpaired) electrons. The average Bonchev–Trinajstić information content (AvgIpc) is 2.52. The van der Waals surface area contributed by atoms with Crippen LogP contribution in [-0.4, -0.2) is 18.7 Å². The minimum absolute atomic E-state index is 0.542. The fourth-order valence-corrected chi connectivity index (χ4v) is 1.88. The van der Waals surface area contributed by atoms with Crippen LogP contribution >= 0.6 is 11.3 Å². The van der Waals surface area contributed by atoms with Crippen LogP contribution in [0.25, 0.3) is 0 Å². The molecule has 1 heterocycles. The van der Waals surface area contributed by atoms with Crippen LogP contribution in [0.1, 0.15) is 19.4 Å². The fourth-order valence-electron chi connectivity index (χ4n) is 0.949. The van der Waals surface area contributed by atoms with Crippen LogP contribution in [0, 0.1) is 0 Å². The standard InChI is InChI=1S/C8H13BO2S/c1-3-7-5-8(12-6-7)9(10)11-4-2/h5-6,10H,3-4H2,1-2H3. The monoisotopic (exact) mass is 184 g/mol. The van der Waals surface area contributed by atoms with Crippen molar-refractivity contribution in [3.8, 4) is 0 Å². The van der Waals surface area contributed by atoms with Gasteiger partial charge in [-0.15, -0.1) is 0 Å². The fraction of sp³-hybridized carbons (Fsp3) is 0.500. The Morgan fingerprint density at radius 3 is 2.83 bits per heavy atom. The number of aryl methyl sites for hydroxylation is 1. The molecule has 0 aliphatic rings. The first-order valence-corrected chi connectivity index (χ1v) is 5.02. The molecule has 2 nitrogen and oxygen atoms in total. The SMILES string of the molecule is CCOB(O)c1cc(CC)cs1. The van der Waals surface area contributed by atoms with Crippen molar-refractivity contribution < 1.29 is 9.68 Å². The van der Waals surface area contributed by atoms with Crippen LogP contribution in [0.3, 0.4) is 0 Å². The Bertz CT molecular complexity index is 237. The molecule has 0 bridgehead atoms. The highest BCUT2D eigenvalue weighted by Crippen LogP contribution is 2.05. The summed E-state index contributed by atoms with van der Waals surface area (Å²) in [6.07, 6.45) is 1.01. The van der Waals surface area contributed by atoms with E-state index in [2.05, 4.69) is 12.3 Å². The average molecular weight is 184 g/mol. The molecule has 0 aliphatic carbocycles. The van der Waals surface area contributed by atoms with Gasteiger partial charge in [-0.3, -0.25) is 0 Å². The molecular formula is C8H13BO2S. The summed E-state index contributed by atoms with van der Waals surface area (Å²) in [5, 5.41) is 11.5. The first-order chi connectivity index (χ1) is 5.77. The molecule has 1 aromatic rings. The molecule has 0 unspecified atom stereocenters. The minimum Gasteiger partial charge on any atom is -0.423 e. The van der Waals surface area contributed by atoms with E-state index in [-0.39, 0.29) is 0 Å². The van der Waals surface area contributed by atoms with Crippen molar-refractivity contribution in [2.24, 2.45) is 0 Å². The summed E-state index contributed by atoms with van der Waals surface area (Å²) >= 11 is 1.55. The van der Waals surface area contributed by atoms with Gasteiger partial charge >= 0.3 is 7.12 Å². The van der Waals surface area contributed by atoms with E-state index in [0.29, 0.717) is 6.61 Å². The van der Waals surface area contributed by atoms with E-state index in [1.807, 2.05) is 13.0 Å². The van der Waals surface area contributed by atoms with Crippen LogP contribution in [0.4, 0.5) is 0 Å². The number of hydrogen-bond acceptors (Lipinski definition) is 3. The first kappa shape index (κ1) is 9.77. The summed E-state index contributed by atoms with van der Waals surface area (Å²) in [6, 6.07) is 1.99. The second-order valence-corrected chi connectivity index (χ2v) is 3.46. The molecule has 0 atom stereocenters. The van der Waals surface area contributed by atoms with Gasteiger partial charge in [0.05, 0.1) is 0 Å². The van der Waals surface area contributed by atoms with Crippen LogP contribution in [-0.2, 0) is 11.1 Å². The third-order valence-electron chi connectivity index (χ3n) is 1.65. The van der Waals surface area contributed by atoms with E-state index in [0.717, 1.165) is 11.2 Å². The van der Waals surface area contributed by atoms with Gasteiger partial charge in [-0.25, -0.2) is 0 Å². The topological polar surface area (TPSA) is 29.5 Å². The van der Waals surface area contributed by atoms with Gasteiger partial charge < -0.3 is 9.68 Å². The van der Waals surface area contributed by atoms with Gasteiger partial charge in [-0.1, -0.05) is 6.92 Å². The number of hydrogen-bond donors (Lipinski definition) is 1. The molecule has 1 rings (SSSR count). The zero-order chi connectivity index (χ0) is 8.97. The maximum atomic E-state index is 9.42. The summed E-state index contributed by atoms with van der Waals surface area (Å²) in [4.78, 5) is 0. The van der Waals surface area contributed by atoms with Crippen molar-refractivity contribution in [3.63, 3.8) is 0 Å². The van der Waals surface area contributed by atoms with E-state index in [9.17, 15) is 5.02 Å². The van der Waals surface area contributed by atoms with Crippen LogP contribution in [0.5, 0.6) is 0 Å². The maximum absolute atomic E-state index is 9.42. The second kappa shape index (κ2) is 4.65. The summed E-state index contributed by atoms with van der Waals surface area (Å²) < 4.78 is 5.95. The Hall–Kier alpha value is -0.315. The Morgan fingerprint density at radius 1 is 1.58 bits per heavy atom. The van der Waals surface area contributed by atoms with Crippen molar-refractivity contribution >= 4 is 23.2 Å². The van der Waals surface area contributed by atoms with Gasteiger partial charge in [0, 0.05) is 11.4 Å². The molecule has 12 heavy (non-hydrogen) atoms. The quantitative estimate of drug-likeness (QED) is 0.708. The van der Waals surface area contributed by atoms with Crippen LogP contribution < -0.4 is 4.78 Å². The predicted octanol–water partition coefficient (Wildman–Crippen LogP) is 1.03. The Labute approximate surface area is 77.3 Å². The summed E-state index contributed by atoms with van der Waals surface area (Å²) in [7, 11) is -0.736. The molecule has 1 N–H and O–H groups in total. The molecule has 0 aliphatic heterocycles. The minimum atomic E-state index is -0.736. The van der Waals surface area contributed by atoms with Gasteiger partial charge in [0.25, 0.3) is 0 Å². The van der Waals surface area contributed by atoms with E-state index in [4.69, 9.17) is 4.65 Å². The number of thiophene rings is 1. The van der Waals surface area contributed by atoms with E-state index >= 15 is 0 Å². The number of rotatable bonds is 4. The lowest BCUT2D eigenvalue weighted by atomic mass is 9.88. The molecule has 0 spiro atoms. The van der Waals surface area contributed by atoms with Gasteiger partial charge in [-0.2, -0.15) is 11.3 Å². The third-order valence-corrected chi connectivity index (χ3v) is 2.66. The molecule has 1 aromatic heterocycles. The Morgan fingerprint density at radius 2 is 2.33 bits per heavy atom. The largest absolute Gasteiger partial charge is 0.501 e. The van der Waals surface area contributed by atoms with E-state index < -0.39 is 7.12 Å². The van der Waals surface area contributed by atoms with Gasteiger partial charge in [0.2, 0.25) is 0 Å². The Balaban J connectivity index is 2.61. The van der Waals surface area contributed by atoms with Crippen molar-refractivity contribution in [1.29, 1.82) is 0 Å². The first-order valence-electron chi connectivity index (χ1n) is 4.14. The lowest BCUT2D eigenvalue weighted by molar-refractivity contribution is 0.288. The highest BCUT2D eigenvalue weighted by molar-refractivity contribution is 7.20. The molecule has 0 saturated carbocycles. The zero-order valence-corrected chi connectivity index (χ0v) is 8.23. The predicted molar refractivity (Wildman–Crippen MR) is 52.9 cm³/mol. The van der Waals surface area contributed by atoms with Gasteiger partial charge in [0.15, 0.2) is 0 Å². The normalized spacial score (nSPS) is 10.2. The van der Waals surface area contributed by atoms with Crippen molar-refractivity contribution in [2.45, 2.75) is 20.3 Å². The van der Waals surface area contributed by atoms with E-state index in [1.54, 1.807) is 11.3 Å². The molecule has 0 aromatic carbocycles. The van der Waals surface area contributed by atoms with Gasteiger partial charge in [-0.05, 0) is 30.4 Å². The van der Waals surface area contributed by atoms with Crippen molar-refractivity contribution in [3.05, 3.63) is 17.0 Å². The summed E-state index contributed by atoms with van der Waals surface area (Å²) in [6.45, 7) is 4.51. The maximum Gasteiger partial charge on any atom is 0.501 e. The van der Waals surface area contributed by atoms with Crippen molar-refractivity contribution in [1.82, 2.24) is 0 Å². The second-order valence-electron chi connectivity index (χ2n) is 2.52. The van der Waals surface area contributed by atoms with Gasteiger partial charge in [0.1, 0.15) is 0 Å². The lowest BCUT2D eigenvalue weighted by Gasteiger charge is -2.01. The highest BCUT2D eigenvalue weighted by atomic mass is 32.1. The summed E-state index contributed by atoms with van der Waals surface area (Å²) in [5.41, 5.74) is 1.26. The molecule has 66 valence electrons.